The Kier molecular flexibility index (Phi) is 3.62. The van der Waals surface area contributed by atoms with Crippen LogP contribution in [0, 0.1) is 0 Å². The van der Waals surface area contributed by atoms with Crippen LogP contribution in [0.3, 0.4) is 0 Å². The van der Waals surface area contributed by atoms with Crippen LogP contribution in [-0.2, 0) is 0 Å². The number of aromatic nitrogens is 2. The minimum absolute atomic E-state index is 0.0751. The highest BCUT2D eigenvalue weighted by Gasteiger charge is 2.02. The number of nitrogens with one attached hydrogen (secondary N) is 1. The smallest absolute Gasteiger partial charge is 0.234 e. The number of nitrogens with two attached hydrogens (primary N) is 1. The van der Waals surface area contributed by atoms with E-state index in [1.54, 1.807) is 12.4 Å². The second-order valence-corrected chi connectivity index (χ2v) is 4.16. The van der Waals surface area contributed by atoms with Crippen LogP contribution < -0.4 is 15.8 Å². The molecule has 0 bridgehead atoms. The van der Waals surface area contributed by atoms with E-state index in [-0.39, 0.29) is 6.10 Å². The maximum Gasteiger partial charge on any atom is 0.234 e. The van der Waals surface area contributed by atoms with Gasteiger partial charge in [-0.2, -0.15) is 4.98 Å². The molecule has 2 aromatic rings. The standard InChI is InChI=1S/C13H16N4O/c1-9(2)18-13-8-15-7-12(17-13)16-11-5-3-10(14)4-6-11/h3-9H,14H2,1-2H3,(H,16,17). The zero-order valence-corrected chi connectivity index (χ0v) is 10.4. The Morgan fingerprint density at radius 3 is 2.56 bits per heavy atom. The predicted molar refractivity (Wildman–Crippen MR) is 71.9 cm³/mol. The average molecular weight is 244 g/mol. The molecule has 0 amide bonds. The van der Waals surface area contributed by atoms with Crippen molar-refractivity contribution in [1.29, 1.82) is 0 Å². The van der Waals surface area contributed by atoms with Crippen molar-refractivity contribution in [3.63, 3.8) is 0 Å². The van der Waals surface area contributed by atoms with Crippen LogP contribution >= 0.6 is 0 Å². The lowest BCUT2D eigenvalue weighted by atomic mass is 10.3. The summed E-state index contributed by atoms with van der Waals surface area (Å²) in [5.74, 6) is 1.14. The lowest BCUT2D eigenvalue weighted by molar-refractivity contribution is 0.232. The van der Waals surface area contributed by atoms with Crippen molar-refractivity contribution in [2.45, 2.75) is 20.0 Å². The van der Waals surface area contributed by atoms with Crippen LogP contribution in [-0.4, -0.2) is 16.1 Å². The Balaban J connectivity index is 2.11. The summed E-state index contributed by atoms with van der Waals surface area (Å²) in [7, 11) is 0. The Labute approximate surface area is 106 Å². The molecule has 5 heteroatoms. The number of nitrogen functional groups attached to an aromatic ring is 1. The molecule has 1 aromatic heterocycles. The summed E-state index contributed by atoms with van der Waals surface area (Å²) >= 11 is 0. The molecule has 0 unspecified atom stereocenters. The largest absolute Gasteiger partial charge is 0.474 e. The molecule has 0 aliphatic carbocycles. The van der Waals surface area contributed by atoms with Crippen molar-refractivity contribution in [2.24, 2.45) is 0 Å². The minimum Gasteiger partial charge on any atom is -0.474 e. The Bertz CT molecular complexity index is 511. The van der Waals surface area contributed by atoms with Gasteiger partial charge in [0.15, 0.2) is 5.82 Å². The van der Waals surface area contributed by atoms with E-state index in [2.05, 4.69) is 15.3 Å². The van der Waals surface area contributed by atoms with Gasteiger partial charge in [0.25, 0.3) is 0 Å². The van der Waals surface area contributed by atoms with Gasteiger partial charge in [0, 0.05) is 11.4 Å². The summed E-state index contributed by atoms with van der Waals surface area (Å²) in [5.41, 5.74) is 7.25. The van der Waals surface area contributed by atoms with Crippen LogP contribution in [0.4, 0.5) is 17.2 Å². The van der Waals surface area contributed by atoms with Gasteiger partial charge >= 0.3 is 0 Å². The summed E-state index contributed by atoms with van der Waals surface area (Å²) in [6.07, 6.45) is 3.31. The summed E-state index contributed by atoms with van der Waals surface area (Å²) in [5, 5.41) is 3.14. The zero-order valence-electron chi connectivity index (χ0n) is 10.4. The van der Waals surface area contributed by atoms with Crippen molar-refractivity contribution >= 4 is 17.2 Å². The summed E-state index contributed by atoms with van der Waals surface area (Å²) < 4.78 is 5.48. The van der Waals surface area contributed by atoms with E-state index in [1.807, 2.05) is 38.1 Å². The van der Waals surface area contributed by atoms with Crippen molar-refractivity contribution in [3.8, 4) is 5.88 Å². The van der Waals surface area contributed by atoms with Gasteiger partial charge in [-0.25, -0.2) is 0 Å². The Morgan fingerprint density at radius 2 is 1.89 bits per heavy atom. The van der Waals surface area contributed by atoms with Crippen LogP contribution in [0.25, 0.3) is 0 Å². The molecule has 0 radical (unpaired) electrons. The van der Waals surface area contributed by atoms with E-state index in [0.717, 1.165) is 11.4 Å². The quantitative estimate of drug-likeness (QED) is 0.809. The third kappa shape index (κ3) is 3.35. The van der Waals surface area contributed by atoms with Gasteiger partial charge in [-0.1, -0.05) is 0 Å². The van der Waals surface area contributed by atoms with Crippen molar-refractivity contribution < 1.29 is 4.74 Å². The molecular weight excluding hydrogens is 228 g/mol. The first kappa shape index (κ1) is 12.2. The molecule has 0 saturated heterocycles. The van der Waals surface area contributed by atoms with Gasteiger partial charge in [0.05, 0.1) is 18.5 Å². The van der Waals surface area contributed by atoms with Gasteiger partial charge in [-0.15, -0.1) is 0 Å². The molecule has 2 rings (SSSR count). The highest BCUT2D eigenvalue weighted by Crippen LogP contribution is 2.17. The molecule has 1 aromatic carbocycles. The second kappa shape index (κ2) is 5.35. The molecule has 5 nitrogen and oxygen atoms in total. The highest BCUT2D eigenvalue weighted by molar-refractivity contribution is 5.58. The molecule has 1 heterocycles. The predicted octanol–water partition coefficient (Wildman–Crippen LogP) is 2.59. The number of benzene rings is 1. The SMILES string of the molecule is CC(C)Oc1cncc(Nc2ccc(N)cc2)n1. The van der Waals surface area contributed by atoms with Gasteiger partial charge in [0.2, 0.25) is 5.88 Å². The van der Waals surface area contributed by atoms with E-state index in [4.69, 9.17) is 10.5 Å². The first-order valence-corrected chi connectivity index (χ1v) is 5.75. The van der Waals surface area contributed by atoms with Crippen molar-refractivity contribution in [3.05, 3.63) is 36.7 Å². The fraction of sp³-hybridized carbons (Fsp3) is 0.231. The molecule has 0 aliphatic heterocycles. The summed E-state index contributed by atoms with van der Waals surface area (Å²) in [4.78, 5) is 8.38. The van der Waals surface area contributed by atoms with E-state index in [1.165, 1.54) is 0 Å². The molecule has 0 saturated carbocycles. The molecule has 3 N–H and O–H groups in total. The minimum atomic E-state index is 0.0751. The molecule has 0 aliphatic rings. The van der Waals surface area contributed by atoms with E-state index >= 15 is 0 Å². The maximum atomic E-state index is 5.62. The number of hydrogen-bond donors (Lipinski definition) is 2. The highest BCUT2D eigenvalue weighted by atomic mass is 16.5. The van der Waals surface area contributed by atoms with Crippen molar-refractivity contribution in [1.82, 2.24) is 9.97 Å². The zero-order chi connectivity index (χ0) is 13.0. The van der Waals surface area contributed by atoms with E-state index in [0.29, 0.717) is 11.7 Å². The first-order valence-electron chi connectivity index (χ1n) is 5.75. The third-order valence-corrected chi connectivity index (χ3v) is 2.15. The van der Waals surface area contributed by atoms with Crippen LogP contribution in [0.2, 0.25) is 0 Å². The van der Waals surface area contributed by atoms with Crippen molar-refractivity contribution in [2.75, 3.05) is 11.1 Å². The number of hydrogen-bond acceptors (Lipinski definition) is 5. The van der Waals surface area contributed by atoms with E-state index in [9.17, 15) is 0 Å². The maximum absolute atomic E-state index is 5.62. The normalized spacial score (nSPS) is 10.4. The van der Waals surface area contributed by atoms with Crippen LogP contribution in [0.1, 0.15) is 13.8 Å². The first-order chi connectivity index (χ1) is 8.63. The topological polar surface area (TPSA) is 73.1 Å². The van der Waals surface area contributed by atoms with Gasteiger partial charge in [-0.3, -0.25) is 4.98 Å². The fourth-order valence-electron chi connectivity index (χ4n) is 1.42. The van der Waals surface area contributed by atoms with Crippen LogP contribution in [0.5, 0.6) is 5.88 Å². The van der Waals surface area contributed by atoms with Gasteiger partial charge in [-0.05, 0) is 38.1 Å². The van der Waals surface area contributed by atoms with Gasteiger partial charge < -0.3 is 15.8 Å². The fourth-order valence-corrected chi connectivity index (χ4v) is 1.42. The molecule has 18 heavy (non-hydrogen) atoms. The lowest BCUT2D eigenvalue weighted by Gasteiger charge is -2.10. The number of rotatable bonds is 4. The van der Waals surface area contributed by atoms with Crippen LogP contribution in [0.15, 0.2) is 36.7 Å². The number of anilines is 3. The third-order valence-electron chi connectivity index (χ3n) is 2.15. The Morgan fingerprint density at radius 1 is 1.17 bits per heavy atom. The molecule has 0 atom stereocenters. The molecule has 0 fully saturated rings. The molecular formula is C13H16N4O. The Hall–Kier alpha value is -2.30. The molecule has 0 spiro atoms. The van der Waals surface area contributed by atoms with Gasteiger partial charge in [0.1, 0.15) is 0 Å². The van der Waals surface area contributed by atoms with E-state index < -0.39 is 0 Å². The number of nitrogens with zero attached hydrogens (tertiary/aromatic N) is 2. The monoisotopic (exact) mass is 244 g/mol. The summed E-state index contributed by atoms with van der Waals surface area (Å²) in [6, 6.07) is 7.41. The second-order valence-electron chi connectivity index (χ2n) is 4.16. The number of ether oxygens (including phenoxy) is 1. The lowest BCUT2D eigenvalue weighted by Crippen LogP contribution is -2.08. The average Bonchev–Trinajstić information content (AvgIpc) is 2.32. The summed E-state index contributed by atoms with van der Waals surface area (Å²) in [6.45, 7) is 3.89. The molecule has 94 valence electrons.